The molecule has 0 unspecified atom stereocenters. The molecule has 1 atom stereocenters. The Kier molecular flexibility index (Phi) is 5.47. The zero-order chi connectivity index (χ0) is 16.3. The van der Waals surface area contributed by atoms with Gasteiger partial charge in [0, 0.05) is 0 Å². The van der Waals surface area contributed by atoms with E-state index in [0.717, 1.165) is 5.56 Å². The number of aryl methyl sites for hydroxylation is 1. The highest BCUT2D eigenvalue weighted by molar-refractivity contribution is 7.86. The van der Waals surface area contributed by atoms with Crippen LogP contribution < -0.4 is 0 Å². The first-order chi connectivity index (χ1) is 10.3. The van der Waals surface area contributed by atoms with E-state index in [9.17, 15) is 13.5 Å². The molecule has 4 nitrogen and oxygen atoms in total. The van der Waals surface area contributed by atoms with Crippen molar-refractivity contribution in [2.75, 3.05) is 6.61 Å². The summed E-state index contributed by atoms with van der Waals surface area (Å²) in [5.41, 5.74) is 1.36. The third kappa shape index (κ3) is 4.21. The van der Waals surface area contributed by atoms with Gasteiger partial charge in [-0.3, -0.25) is 4.18 Å². The summed E-state index contributed by atoms with van der Waals surface area (Å²) in [6, 6.07) is 10.8. The maximum Gasteiger partial charge on any atom is 0.297 e. The topological polar surface area (TPSA) is 63.6 Å². The van der Waals surface area contributed by atoms with E-state index < -0.39 is 22.8 Å². The smallest absolute Gasteiger partial charge is 0.297 e. The number of aliphatic hydroxyl groups excluding tert-OH is 1. The molecule has 0 bridgehead atoms. The van der Waals surface area contributed by atoms with E-state index in [1.54, 1.807) is 18.2 Å². The minimum atomic E-state index is -3.92. The lowest BCUT2D eigenvalue weighted by Crippen LogP contribution is -2.13. The fourth-order valence-corrected chi connectivity index (χ4v) is 2.96. The quantitative estimate of drug-likeness (QED) is 0.824. The van der Waals surface area contributed by atoms with Gasteiger partial charge in [0.1, 0.15) is 6.10 Å². The molecule has 1 N–H and O–H groups in total. The Bertz CT molecular complexity index is 758. The van der Waals surface area contributed by atoms with Crippen LogP contribution >= 0.6 is 23.2 Å². The standard InChI is InChI=1S/C15H14Cl2O4S/c1-10-2-5-12(6-3-10)22(19,20)21-9-15(18)11-4-7-13(16)14(17)8-11/h2-8,15,18H,9H2,1H3/t15-/m1/s1. The normalized spacial score (nSPS) is 13.1. The molecule has 2 rings (SSSR count). The van der Waals surface area contributed by atoms with Gasteiger partial charge in [-0.05, 0) is 36.8 Å². The van der Waals surface area contributed by atoms with Crippen molar-refractivity contribution in [3.8, 4) is 0 Å². The van der Waals surface area contributed by atoms with Crippen LogP contribution in [0.4, 0.5) is 0 Å². The Morgan fingerprint density at radius 2 is 1.73 bits per heavy atom. The van der Waals surface area contributed by atoms with E-state index in [0.29, 0.717) is 10.6 Å². The fraction of sp³-hybridized carbons (Fsp3) is 0.200. The number of hydrogen-bond donors (Lipinski definition) is 1. The first-order valence-electron chi connectivity index (χ1n) is 6.39. The molecule has 0 aliphatic heterocycles. The molecule has 0 amide bonds. The van der Waals surface area contributed by atoms with E-state index in [1.165, 1.54) is 24.3 Å². The van der Waals surface area contributed by atoms with Gasteiger partial charge in [-0.2, -0.15) is 8.42 Å². The number of halogens is 2. The van der Waals surface area contributed by atoms with Crippen molar-refractivity contribution in [1.29, 1.82) is 0 Å². The van der Waals surface area contributed by atoms with Crippen molar-refractivity contribution in [2.45, 2.75) is 17.9 Å². The lowest BCUT2D eigenvalue weighted by Gasteiger charge is -2.12. The predicted octanol–water partition coefficient (Wildman–Crippen LogP) is 3.74. The molecule has 22 heavy (non-hydrogen) atoms. The number of hydrogen-bond acceptors (Lipinski definition) is 4. The molecule has 0 saturated carbocycles. The van der Waals surface area contributed by atoms with Crippen molar-refractivity contribution >= 4 is 33.3 Å². The summed E-state index contributed by atoms with van der Waals surface area (Å²) in [5, 5.41) is 10.6. The lowest BCUT2D eigenvalue weighted by atomic mass is 10.1. The van der Waals surface area contributed by atoms with Crippen LogP contribution in [0.3, 0.4) is 0 Å². The van der Waals surface area contributed by atoms with E-state index >= 15 is 0 Å². The Morgan fingerprint density at radius 1 is 1.09 bits per heavy atom. The van der Waals surface area contributed by atoms with Crippen LogP contribution in [0.5, 0.6) is 0 Å². The van der Waals surface area contributed by atoms with Gasteiger partial charge in [0.15, 0.2) is 0 Å². The molecule has 0 radical (unpaired) electrons. The van der Waals surface area contributed by atoms with Gasteiger partial charge in [0.2, 0.25) is 0 Å². The summed E-state index contributed by atoms with van der Waals surface area (Å²) in [6.07, 6.45) is -1.13. The minimum absolute atomic E-state index is 0.0411. The van der Waals surface area contributed by atoms with Crippen molar-refractivity contribution in [3.05, 3.63) is 63.6 Å². The maximum absolute atomic E-state index is 12.0. The van der Waals surface area contributed by atoms with Crippen LogP contribution in [0, 0.1) is 6.92 Å². The lowest BCUT2D eigenvalue weighted by molar-refractivity contribution is 0.111. The van der Waals surface area contributed by atoms with Gasteiger partial charge in [-0.15, -0.1) is 0 Å². The Labute approximate surface area is 139 Å². The molecule has 2 aromatic rings. The summed E-state index contributed by atoms with van der Waals surface area (Å²) >= 11 is 11.6. The monoisotopic (exact) mass is 360 g/mol. The summed E-state index contributed by atoms with van der Waals surface area (Å²) in [7, 11) is -3.92. The van der Waals surface area contributed by atoms with Crippen LogP contribution in [0.25, 0.3) is 0 Å². The first-order valence-corrected chi connectivity index (χ1v) is 8.55. The molecule has 2 aromatic carbocycles. The molecular formula is C15H14Cl2O4S. The molecule has 0 aliphatic rings. The SMILES string of the molecule is Cc1ccc(S(=O)(=O)OC[C@@H](O)c2ccc(Cl)c(Cl)c2)cc1. The van der Waals surface area contributed by atoms with E-state index in [1.807, 2.05) is 6.92 Å². The number of benzene rings is 2. The largest absolute Gasteiger partial charge is 0.386 e. The second-order valence-corrected chi connectivity index (χ2v) is 7.17. The predicted molar refractivity (Wildman–Crippen MR) is 85.7 cm³/mol. The third-order valence-electron chi connectivity index (χ3n) is 3.02. The van der Waals surface area contributed by atoms with Gasteiger partial charge in [-0.25, -0.2) is 0 Å². The van der Waals surface area contributed by atoms with Crippen molar-refractivity contribution in [1.82, 2.24) is 0 Å². The highest BCUT2D eigenvalue weighted by Crippen LogP contribution is 2.26. The molecule has 0 saturated heterocycles. The van der Waals surface area contributed by atoms with E-state index in [4.69, 9.17) is 27.4 Å². The Balaban J connectivity index is 2.07. The average Bonchev–Trinajstić information content (AvgIpc) is 2.48. The highest BCUT2D eigenvalue weighted by atomic mass is 35.5. The van der Waals surface area contributed by atoms with Gasteiger partial charge < -0.3 is 5.11 Å². The molecule has 0 aromatic heterocycles. The summed E-state index contributed by atoms with van der Waals surface area (Å²) in [6.45, 7) is 1.44. The van der Waals surface area contributed by atoms with Crippen LogP contribution in [-0.4, -0.2) is 20.1 Å². The molecular weight excluding hydrogens is 347 g/mol. The third-order valence-corrected chi connectivity index (χ3v) is 5.05. The zero-order valence-corrected chi connectivity index (χ0v) is 14.0. The van der Waals surface area contributed by atoms with Gasteiger partial charge in [-0.1, -0.05) is 47.0 Å². The second kappa shape index (κ2) is 6.98. The first kappa shape index (κ1) is 17.2. The molecule has 0 heterocycles. The van der Waals surface area contributed by atoms with Gasteiger partial charge in [0.25, 0.3) is 10.1 Å². The minimum Gasteiger partial charge on any atom is -0.386 e. The van der Waals surface area contributed by atoms with Gasteiger partial charge in [0.05, 0.1) is 21.5 Å². The molecule has 0 aliphatic carbocycles. The van der Waals surface area contributed by atoms with Crippen LogP contribution in [-0.2, 0) is 14.3 Å². The Morgan fingerprint density at radius 3 is 2.32 bits per heavy atom. The van der Waals surface area contributed by atoms with Crippen molar-refractivity contribution in [3.63, 3.8) is 0 Å². The number of aliphatic hydroxyl groups is 1. The van der Waals surface area contributed by atoms with Crippen molar-refractivity contribution in [2.24, 2.45) is 0 Å². The second-order valence-electron chi connectivity index (χ2n) is 4.74. The fourth-order valence-electron chi connectivity index (χ4n) is 1.74. The number of rotatable bonds is 5. The zero-order valence-electron chi connectivity index (χ0n) is 11.7. The summed E-state index contributed by atoms with van der Waals surface area (Å²) in [5.74, 6) is 0. The average molecular weight is 361 g/mol. The highest BCUT2D eigenvalue weighted by Gasteiger charge is 2.18. The molecule has 7 heteroatoms. The molecule has 0 fully saturated rings. The molecule has 118 valence electrons. The van der Waals surface area contributed by atoms with Crippen LogP contribution in [0.2, 0.25) is 10.0 Å². The van der Waals surface area contributed by atoms with Crippen LogP contribution in [0.15, 0.2) is 47.4 Å². The van der Waals surface area contributed by atoms with Gasteiger partial charge >= 0.3 is 0 Å². The maximum atomic E-state index is 12.0. The van der Waals surface area contributed by atoms with Crippen LogP contribution in [0.1, 0.15) is 17.2 Å². The van der Waals surface area contributed by atoms with E-state index in [2.05, 4.69) is 0 Å². The summed E-state index contributed by atoms with van der Waals surface area (Å²) in [4.78, 5) is 0.0411. The molecule has 0 spiro atoms. The Hall–Kier alpha value is -1.11. The van der Waals surface area contributed by atoms with Crippen molar-refractivity contribution < 1.29 is 17.7 Å². The van der Waals surface area contributed by atoms with E-state index in [-0.39, 0.29) is 9.92 Å². The summed E-state index contributed by atoms with van der Waals surface area (Å²) < 4.78 is 28.9.